The fourth-order valence-corrected chi connectivity index (χ4v) is 1.49. The Kier molecular flexibility index (Phi) is 2.93. The fraction of sp³-hybridized carbons (Fsp3) is 0.600. The molecule has 0 radical (unpaired) electrons. The molecule has 1 aromatic rings. The number of carbonyl (C=O) groups excluding carboxylic acids is 1. The number of aryl methyl sites for hydroxylation is 1. The Labute approximate surface area is 83.9 Å². The number of hydrogen-bond acceptors (Lipinski definition) is 3. The van der Waals surface area contributed by atoms with E-state index in [-0.39, 0.29) is 11.7 Å². The van der Waals surface area contributed by atoms with Gasteiger partial charge in [0, 0.05) is 6.92 Å². The second-order valence-corrected chi connectivity index (χ2v) is 3.58. The van der Waals surface area contributed by atoms with Crippen LogP contribution < -0.4 is 4.84 Å². The van der Waals surface area contributed by atoms with E-state index >= 15 is 0 Å². The van der Waals surface area contributed by atoms with Crippen LogP contribution in [0.2, 0.25) is 0 Å². The van der Waals surface area contributed by atoms with E-state index in [9.17, 15) is 4.79 Å². The van der Waals surface area contributed by atoms with E-state index in [0.717, 1.165) is 5.69 Å². The van der Waals surface area contributed by atoms with Gasteiger partial charge in [-0.3, -0.25) is 4.79 Å². The lowest BCUT2D eigenvalue weighted by Gasteiger charge is -2.07. The fourth-order valence-electron chi connectivity index (χ4n) is 1.49. The van der Waals surface area contributed by atoms with Gasteiger partial charge in [0.1, 0.15) is 18.6 Å². The number of nitrogens with zero attached hydrogens (tertiary/aromatic N) is 2. The lowest BCUT2D eigenvalue weighted by molar-refractivity contribution is 0.0947. The van der Waals surface area contributed by atoms with Gasteiger partial charge in [-0.2, -0.15) is 4.73 Å². The Morgan fingerprint density at radius 2 is 2.07 bits per heavy atom. The first-order valence-electron chi connectivity index (χ1n) is 4.63. The van der Waals surface area contributed by atoms with Crippen molar-refractivity contribution in [2.45, 2.75) is 33.6 Å². The molecule has 0 bridgehead atoms. The molecule has 0 aliphatic rings. The highest BCUT2D eigenvalue weighted by Crippen LogP contribution is 2.19. The van der Waals surface area contributed by atoms with Gasteiger partial charge in [0.25, 0.3) is 0 Å². The van der Waals surface area contributed by atoms with Crippen LogP contribution in [0.5, 0.6) is 0 Å². The van der Waals surface area contributed by atoms with Crippen molar-refractivity contribution in [2.75, 3.05) is 7.11 Å². The number of hydrogen-bond donors (Lipinski definition) is 0. The van der Waals surface area contributed by atoms with Crippen LogP contribution in [0.4, 0.5) is 0 Å². The molecular formula is C10H16N2O2. The number of carbonyl (C=O) groups is 1. The topological polar surface area (TPSA) is 44.1 Å². The molecule has 1 heterocycles. The summed E-state index contributed by atoms with van der Waals surface area (Å²) in [7, 11) is 1.53. The number of rotatable bonds is 3. The summed E-state index contributed by atoms with van der Waals surface area (Å²) in [5.41, 5.74) is 1.36. The molecule has 1 aromatic heterocycles. The highest BCUT2D eigenvalue weighted by molar-refractivity contribution is 5.93. The molecule has 0 aliphatic heterocycles. The van der Waals surface area contributed by atoms with Gasteiger partial charge in [0.15, 0.2) is 5.78 Å². The molecule has 0 saturated heterocycles. The molecule has 0 unspecified atom stereocenters. The summed E-state index contributed by atoms with van der Waals surface area (Å²) in [5, 5.41) is 0. The van der Waals surface area contributed by atoms with Gasteiger partial charge in [-0.15, -0.1) is 0 Å². The van der Waals surface area contributed by atoms with E-state index in [1.807, 2.05) is 20.8 Å². The SMILES string of the molecule is COn1c(C)nc(C(C)C)c1C(C)=O. The number of aromatic nitrogens is 2. The van der Waals surface area contributed by atoms with Crippen molar-refractivity contribution in [3.8, 4) is 0 Å². The van der Waals surface area contributed by atoms with Crippen molar-refractivity contribution in [3.05, 3.63) is 17.2 Å². The maximum Gasteiger partial charge on any atom is 0.181 e. The van der Waals surface area contributed by atoms with Crippen molar-refractivity contribution in [2.24, 2.45) is 0 Å². The van der Waals surface area contributed by atoms with E-state index < -0.39 is 0 Å². The van der Waals surface area contributed by atoms with Crippen molar-refractivity contribution in [1.82, 2.24) is 9.71 Å². The molecule has 14 heavy (non-hydrogen) atoms. The highest BCUT2D eigenvalue weighted by atomic mass is 16.6. The summed E-state index contributed by atoms with van der Waals surface area (Å²) in [4.78, 5) is 20.8. The quantitative estimate of drug-likeness (QED) is 0.689. The molecule has 0 spiro atoms. The lowest BCUT2D eigenvalue weighted by atomic mass is 10.1. The van der Waals surface area contributed by atoms with Gasteiger partial charge in [0.05, 0.1) is 5.69 Å². The van der Waals surface area contributed by atoms with E-state index in [1.54, 1.807) is 0 Å². The Bertz CT molecular complexity index is 353. The molecule has 1 rings (SSSR count). The third-order valence-electron chi connectivity index (χ3n) is 2.08. The van der Waals surface area contributed by atoms with Gasteiger partial charge in [0.2, 0.25) is 0 Å². The van der Waals surface area contributed by atoms with Gasteiger partial charge in [-0.1, -0.05) is 13.8 Å². The zero-order chi connectivity index (χ0) is 10.9. The van der Waals surface area contributed by atoms with Crippen LogP contribution >= 0.6 is 0 Å². The lowest BCUT2D eigenvalue weighted by Crippen LogP contribution is -2.15. The molecule has 0 amide bonds. The second-order valence-electron chi connectivity index (χ2n) is 3.58. The van der Waals surface area contributed by atoms with Crippen LogP contribution in [0.3, 0.4) is 0 Å². The molecule has 78 valence electrons. The van der Waals surface area contributed by atoms with Gasteiger partial charge >= 0.3 is 0 Å². The van der Waals surface area contributed by atoms with E-state index in [4.69, 9.17) is 4.84 Å². The van der Waals surface area contributed by atoms with Crippen molar-refractivity contribution < 1.29 is 9.63 Å². The van der Waals surface area contributed by atoms with E-state index in [0.29, 0.717) is 11.5 Å². The summed E-state index contributed by atoms with van der Waals surface area (Å²) in [6.45, 7) is 7.36. The first-order valence-corrected chi connectivity index (χ1v) is 4.63. The van der Waals surface area contributed by atoms with Gasteiger partial charge in [-0.25, -0.2) is 4.98 Å². The third-order valence-corrected chi connectivity index (χ3v) is 2.08. The average Bonchev–Trinajstić information content (AvgIpc) is 2.42. The van der Waals surface area contributed by atoms with Gasteiger partial charge < -0.3 is 4.84 Å². The highest BCUT2D eigenvalue weighted by Gasteiger charge is 2.20. The predicted octanol–water partition coefficient (Wildman–Crippen LogP) is 1.58. The minimum absolute atomic E-state index is 0.0175. The van der Waals surface area contributed by atoms with Crippen LogP contribution in [-0.2, 0) is 0 Å². The maximum absolute atomic E-state index is 11.4. The zero-order valence-corrected chi connectivity index (χ0v) is 9.29. The van der Waals surface area contributed by atoms with Crippen molar-refractivity contribution >= 4 is 5.78 Å². The first kappa shape index (κ1) is 10.8. The molecule has 4 nitrogen and oxygen atoms in total. The summed E-state index contributed by atoms with van der Waals surface area (Å²) in [6.07, 6.45) is 0. The predicted molar refractivity (Wildman–Crippen MR) is 53.6 cm³/mol. The number of ketones is 1. The smallest absolute Gasteiger partial charge is 0.181 e. The standard InChI is InChI=1S/C10H16N2O2/c1-6(2)9-10(7(3)13)12(14-5)8(4)11-9/h6H,1-5H3. The first-order chi connectivity index (χ1) is 6.49. The minimum Gasteiger partial charge on any atom is -0.415 e. The Hall–Kier alpha value is -1.32. The molecule has 0 N–H and O–H groups in total. The Balaban J connectivity index is 3.37. The monoisotopic (exact) mass is 196 g/mol. The van der Waals surface area contributed by atoms with Gasteiger partial charge in [-0.05, 0) is 12.8 Å². The van der Waals surface area contributed by atoms with Crippen LogP contribution in [0, 0.1) is 6.92 Å². The summed E-state index contributed by atoms with van der Waals surface area (Å²) in [6, 6.07) is 0. The molecular weight excluding hydrogens is 180 g/mol. The second kappa shape index (κ2) is 3.82. The summed E-state index contributed by atoms with van der Waals surface area (Å²) in [5.74, 6) is 0.918. The van der Waals surface area contributed by atoms with Crippen LogP contribution in [-0.4, -0.2) is 22.6 Å². The normalized spacial score (nSPS) is 10.7. The largest absolute Gasteiger partial charge is 0.415 e. The molecule has 0 atom stereocenters. The molecule has 0 aliphatic carbocycles. The van der Waals surface area contributed by atoms with Crippen LogP contribution in [0.25, 0.3) is 0 Å². The zero-order valence-electron chi connectivity index (χ0n) is 9.29. The molecule has 0 saturated carbocycles. The molecule has 0 fully saturated rings. The summed E-state index contributed by atoms with van der Waals surface area (Å²) >= 11 is 0. The van der Waals surface area contributed by atoms with Crippen LogP contribution in [0.15, 0.2) is 0 Å². The average molecular weight is 196 g/mol. The van der Waals surface area contributed by atoms with Crippen LogP contribution in [0.1, 0.15) is 48.7 Å². The maximum atomic E-state index is 11.4. The van der Waals surface area contributed by atoms with Crippen molar-refractivity contribution in [3.63, 3.8) is 0 Å². The third kappa shape index (κ3) is 1.64. The Morgan fingerprint density at radius 1 is 1.50 bits per heavy atom. The van der Waals surface area contributed by atoms with E-state index in [2.05, 4.69) is 4.98 Å². The number of imidazole rings is 1. The molecule has 4 heteroatoms. The minimum atomic E-state index is -0.0175. The molecule has 0 aromatic carbocycles. The van der Waals surface area contributed by atoms with E-state index in [1.165, 1.54) is 18.8 Å². The summed E-state index contributed by atoms with van der Waals surface area (Å²) < 4.78 is 1.48. The Morgan fingerprint density at radius 3 is 2.43 bits per heavy atom. The number of Topliss-reactive ketones (excluding diaryl/α,β-unsaturated/α-hetero) is 1. The van der Waals surface area contributed by atoms with Crippen molar-refractivity contribution in [1.29, 1.82) is 0 Å².